The zero-order valence-electron chi connectivity index (χ0n) is 12.9. The molecular formula is C17H21Cl2N3O. The van der Waals surface area contributed by atoms with Crippen LogP contribution in [0.15, 0.2) is 36.4 Å². The molecule has 0 atom stereocenters. The molecule has 0 radical (unpaired) electrons. The van der Waals surface area contributed by atoms with Gasteiger partial charge in [-0.3, -0.25) is 9.69 Å². The first-order valence-electron chi connectivity index (χ1n) is 7.66. The Bertz CT molecular complexity index is 581. The lowest BCUT2D eigenvalue weighted by Crippen LogP contribution is -2.46. The Morgan fingerprint density at radius 3 is 2.74 bits per heavy atom. The second-order valence-corrected chi connectivity index (χ2v) is 6.09. The highest BCUT2D eigenvalue weighted by Gasteiger charge is 2.08. The van der Waals surface area contributed by atoms with Crippen molar-refractivity contribution < 1.29 is 4.79 Å². The monoisotopic (exact) mass is 353 g/mol. The van der Waals surface area contributed by atoms with Crippen LogP contribution < -0.4 is 10.6 Å². The molecule has 1 aromatic carbocycles. The highest BCUT2D eigenvalue weighted by Crippen LogP contribution is 2.23. The van der Waals surface area contributed by atoms with Gasteiger partial charge in [-0.15, -0.1) is 0 Å². The fourth-order valence-electron chi connectivity index (χ4n) is 2.26. The van der Waals surface area contributed by atoms with Crippen molar-refractivity contribution in [3.8, 4) is 0 Å². The quantitative estimate of drug-likeness (QED) is 0.610. The SMILES string of the molecule is O=C(C=CC=Cc1ccc(Cl)c(Cl)c1)NCCN1CCNCC1. The zero-order valence-corrected chi connectivity index (χ0v) is 14.4. The highest BCUT2D eigenvalue weighted by molar-refractivity contribution is 6.42. The van der Waals surface area contributed by atoms with Gasteiger partial charge >= 0.3 is 0 Å². The molecule has 1 saturated heterocycles. The number of amides is 1. The predicted octanol–water partition coefficient (Wildman–Crippen LogP) is 2.58. The molecular weight excluding hydrogens is 333 g/mol. The Labute approximate surface area is 147 Å². The fraction of sp³-hybridized carbons (Fsp3) is 0.353. The van der Waals surface area contributed by atoms with E-state index in [1.54, 1.807) is 24.3 Å². The number of rotatable bonds is 6. The molecule has 1 aliphatic rings. The number of nitrogens with one attached hydrogen (secondary N) is 2. The van der Waals surface area contributed by atoms with Crippen LogP contribution in [0.5, 0.6) is 0 Å². The van der Waals surface area contributed by atoms with Crippen LogP contribution >= 0.6 is 23.2 Å². The summed E-state index contributed by atoms with van der Waals surface area (Å²) < 4.78 is 0. The average Bonchev–Trinajstić information content (AvgIpc) is 2.56. The molecule has 6 heteroatoms. The second-order valence-electron chi connectivity index (χ2n) is 5.27. The van der Waals surface area contributed by atoms with Gasteiger partial charge in [0.25, 0.3) is 0 Å². The largest absolute Gasteiger partial charge is 0.351 e. The highest BCUT2D eigenvalue weighted by atomic mass is 35.5. The van der Waals surface area contributed by atoms with Gasteiger partial charge in [0.15, 0.2) is 0 Å². The third kappa shape index (κ3) is 6.75. The molecule has 1 aromatic rings. The topological polar surface area (TPSA) is 44.4 Å². The number of carbonyl (C=O) groups excluding carboxylic acids is 1. The first kappa shape index (κ1) is 18.0. The molecule has 2 rings (SSSR count). The zero-order chi connectivity index (χ0) is 16.5. The van der Waals surface area contributed by atoms with E-state index >= 15 is 0 Å². The maximum atomic E-state index is 11.7. The summed E-state index contributed by atoms with van der Waals surface area (Å²) in [6, 6.07) is 5.39. The van der Waals surface area contributed by atoms with E-state index in [-0.39, 0.29) is 5.91 Å². The van der Waals surface area contributed by atoms with E-state index < -0.39 is 0 Å². The molecule has 0 aliphatic carbocycles. The van der Waals surface area contributed by atoms with Gasteiger partial charge in [0, 0.05) is 45.3 Å². The van der Waals surface area contributed by atoms with Gasteiger partial charge in [-0.1, -0.05) is 47.5 Å². The number of benzene rings is 1. The van der Waals surface area contributed by atoms with Crippen LogP contribution in [0.25, 0.3) is 6.08 Å². The molecule has 2 N–H and O–H groups in total. The van der Waals surface area contributed by atoms with Gasteiger partial charge in [0.2, 0.25) is 5.91 Å². The summed E-state index contributed by atoms with van der Waals surface area (Å²) in [6.45, 7) is 5.68. The second kappa shape index (κ2) is 9.73. The third-order valence-electron chi connectivity index (χ3n) is 3.53. The van der Waals surface area contributed by atoms with Crippen LogP contribution in [0.2, 0.25) is 10.0 Å². The summed E-state index contributed by atoms with van der Waals surface area (Å²) in [7, 11) is 0. The van der Waals surface area contributed by atoms with Gasteiger partial charge in [0.1, 0.15) is 0 Å². The van der Waals surface area contributed by atoms with Crippen molar-refractivity contribution in [3.63, 3.8) is 0 Å². The van der Waals surface area contributed by atoms with E-state index in [1.807, 2.05) is 12.1 Å². The van der Waals surface area contributed by atoms with Gasteiger partial charge in [0.05, 0.1) is 10.0 Å². The maximum Gasteiger partial charge on any atom is 0.244 e. The van der Waals surface area contributed by atoms with Crippen LogP contribution in [0.1, 0.15) is 5.56 Å². The van der Waals surface area contributed by atoms with Crippen molar-refractivity contribution >= 4 is 35.2 Å². The van der Waals surface area contributed by atoms with Gasteiger partial charge in [-0.25, -0.2) is 0 Å². The summed E-state index contributed by atoms with van der Waals surface area (Å²) in [5.41, 5.74) is 0.933. The Kier molecular flexibility index (Phi) is 7.62. The first-order chi connectivity index (χ1) is 11.1. The molecule has 124 valence electrons. The lowest BCUT2D eigenvalue weighted by Gasteiger charge is -2.26. The number of nitrogens with zero attached hydrogens (tertiary/aromatic N) is 1. The normalized spacial score (nSPS) is 16.3. The van der Waals surface area contributed by atoms with Crippen molar-refractivity contribution in [2.45, 2.75) is 0 Å². The molecule has 1 fully saturated rings. The maximum absolute atomic E-state index is 11.7. The first-order valence-corrected chi connectivity index (χ1v) is 8.41. The van der Waals surface area contributed by atoms with E-state index in [1.165, 1.54) is 6.08 Å². The van der Waals surface area contributed by atoms with Gasteiger partial charge in [-0.2, -0.15) is 0 Å². The molecule has 0 saturated carbocycles. The Balaban J connectivity index is 1.68. The summed E-state index contributed by atoms with van der Waals surface area (Å²) in [5.74, 6) is -0.0843. The van der Waals surface area contributed by atoms with Crippen molar-refractivity contribution in [1.82, 2.24) is 15.5 Å². The summed E-state index contributed by atoms with van der Waals surface area (Å²) in [4.78, 5) is 14.0. The van der Waals surface area contributed by atoms with Crippen LogP contribution in [-0.2, 0) is 4.79 Å². The lowest BCUT2D eigenvalue weighted by atomic mass is 10.2. The van der Waals surface area contributed by atoms with Gasteiger partial charge < -0.3 is 10.6 Å². The Morgan fingerprint density at radius 1 is 1.22 bits per heavy atom. The van der Waals surface area contributed by atoms with E-state index in [0.29, 0.717) is 16.6 Å². The summed E-state index contributed by atoms with van der Waals surface area (Å²) in [5, 5.41) is 7.24. The van der Waals surface area contributed by atoms with E-state index in [0.717, 1.165) is 38.3 Å². The number of allylic oxidation sites excluding steroid dienone is 2. The van der Waals surface area contributed by atoms with Crippen molar-refractivity contribution in [3.05, 3.63) is 52.0 Å². The van der Waals surface area contributed by atoms with E-state index in [9.17, 15) is 4.79 Å². The van der Waals surface area contributed by atoms with Crippen LogP contribution in [0.3, 0.4) is 0 Å². The number of halogens is 2. The summed E-state index contributed by atoms with van der Waals surface area (Å²) in [6.07, 6.45) is 6.90. The Morgan fingerprint density at radius 2 is 2.00 bits per heavy atom. The minimum absolute atomic E-state index is 0.0843. The molecule has 1 heterocycles. The Hall–Kier alpha value is -1.33. The number of piperazine rings is 1. The van der Waals surface area contributed by atoms with Crippen molar-refractivity contribution in [1.29, 1.82) is 0 Å². The van der Waals surface area contributed by atoms with E-state index in [2.05, 4.69) is 15.5 Å². The molecule has 0 spiro atoms. The van der Waals surface area contributed by atoms with Crippen molar-refractivity contribution in [2.24, 2.45) is 0 Å². The molecule has 0 aromatic heterocycles. The van der Waals surface area contributed by atoms with Crippen LogP contribution in [0.4, 0.5) is 0 Å². The molecule has 0 bridgehead atoms. The van der Waals surface area contributed by atoms with Gasteiger partial charge in [-0.05, 0) is 17.7 Å². The number of hydrogen-bond acceptors (Lipinski definition) is 3. The standard InChI is InChI=1S/C17H21Cl2N3O/c18-15-6-5-14(13-16(15)19)3-1-2-4-17(23)21-9-12-22-10-7-20-8-11-22/h1-6,13,20H,7-12H2,(H,21,23). The third-order valence-corrected chi connectivity index (χ3v) is 4.27. The van der Waals surface area contributed by atoms with Crippen LogP contribution in [0, 0.1) is 0 Å². The number of hydrogen-bond donors (Lipinski definition) is 2. The molecule has 1 amide bonds. The fourth-order valence-corrected chi connectivity index (χ4v) is 2.56. The minimum Gasteiger partial charge on any atom is -0.351 e. The smallest absolute Gasteiger partial charge is 0.244 e. The molecule has 1 aliphatic heterocycles. The molecule has 4 nitrogen and oxygen atoms in total. The van der Waals surface area contributed by atoms with Crippen LogP contribution in [-0.4, -0.2) is 50.1 Å². The average molecular weight is 354 g/mol. The molecule has 0 unspecified atom stereocenters. The predicted molar refractivity (Wildman–Crippen MR) is 97.0 cm³/mol. The van der Waals surface area contributed by atoms with E-state index in [4.69, 9.17) is 23.2 Å². The molecule has 23 heavy (non-hydrogen) atoms. The summed E-state index contributed by atoms with van der Waals surface area (Å²) >= 11 is 11.8. The lowest BCUT2D eigenvalue weighted by molar-refractivity contribution is -0.116. The number of carbonyl (C=O) groups is 1. The minimum atomic E-state index is -0.0843. The van der Waals surface area contributed by atoms with Crippen molar-refractivity contribution in [2.75, 3.05) is 39.3 Å².